The Balaban J connectivity index is 1.51. The fourth-order valence-corrected chi connectivity index (χ4v) is 5.04. The lowest BCUT2D eigenvalue weighted by Crippen LogP contribution is -2.32. The van der Waals surface area contributed by atoms with E-state index in [1.54, 1.807) is 24.3 Å². The highest BCUT2D eigenvalue weighted by Crippen LogP contribution is 2.56. The molecule has 1 aromatic rings. The van der Waals surface area contributed by atoms with Gasteiger partial charge in [-0.1, -0.05) is 25.8 Å². The normalized spacial score (nSPS) is 29.3. The molecule has 0 aromatic heterocycles. The van der Waals surface area contributed by atoms with Crippen LogP contribution in [0.1, 0.15) is 55.8 Å². The van der Waals surface area contributed by atoms with E-state index in [9.17, 15) is 14.4 Å². The molecule has 1 saturated heterocycles. The maximum absolute atomic E-state index is 12.9. The molecule has 5 nitrogen and oxygen atoms in total. The van der Waals surface area contributed by atoms with Gasteiger partial charge in [0.1, 0.15) is 0 Å². The third kappa shape index (κ3) is 2.74. The van der Waals surface area contributed by atoms with Crippen molar-refractivity contribution in [2.45, 2.75) is 45.4 Å². The third-order valence-electron chi connectivity index (χ3n) is 6.25. The van der Waals surface area contributed by atoms with Crippen LogP contribution in [-0.4, -0.2) is 24.4 Å². The summed E-state index contributed by atoms with van der Waals surface area (Å²) in [6.45, 7) is 2.49. The van der Waals surface area contributed by atoms with Crippen molar-refractivity contribution in [3.8, 4) is 0 Å². The number of esters is 1. The van der Waals surface area contributed by atoms with Crippen molar-refractivity contribution in [3.63, 3.8) is 0 Å². The Hall–Kier alpha value is -2.17. The monoisotopic (exact) mass is 355 g/mol. The molecule has 3 fully saturated rings. The van der Waals surface area contributed by atoms with Gasteiger partial charge >= 0.3 is 5.97 Å². The number of amides is 2. The number of ether oxygens (including phenoxy) is 1. The predicted molar refractivity (Wildman–Crippen MR) is 96.6 cm³/mol. The van der Waals surface area contributed by atoms with Crippen molar-refractivity contribution in [3.05, 3.63) is 29.8 Å². The van der Waals surface area contributed by atoms with Gasteiger partial charge in [0, 0.05) is 0 Å². The Morgan fingerprint density at radius 1 is 1.12 bits per heavy atom. The van der Waals surface area contributed by atoms with Crippen LogP contribution in [0.15, 0.2) is 24.3 Å². The number of rotatable bonds is 6. The van der Waals surface area contributed by atoms with Crippen LogP contribution in [0.25, 0.3) is 0 Å². The number of fused-ring (bicyclic) bond motifs is 5. The van der Waals surface area contributed by atoms with Crippen LogP contribution in [-0.2, 0) is 14.3 Å². The standard InChI is InChI=1S/C21H25NO4/c1-2-3-4-10-26-21(25)15-6-5-7-16(12-15)22-19(23)17-13-8-9-14(11-13)18(17)20(22)24/h5-7,12-14,17-18H,2-4,8-11H2,1H3. The number of hydrogen-bond donors (Lipinski definition) is 0. The van der Waals surface area contributed by atoms with E-state index in [-0.39, 0.29) is 23.7 Å². The summed E-state index contributed by atoms with van der Waals surface area (Å²) in [7, 11) is 0. The fraction of sp³-hybridized carbons (Fsp3) is 0.571. The Bertz CT molecular complexity index is 715. The quantitative estimate of drug-likeness (QED) is 0.445. The first-order valence-electron chi connectivity index (χ1n) is 9.76. The summed E-state index contributed by atoms with van der Waals surface area (Å²) in [4.78, 5) is 39.4. The van der Waals surface area contributed by atoms with Crippen molar-refractivity contribution >= 4 is 23.5 Å². The molecule has 2 bridgehead atoms. The SMILES string of the molecule is CCCCCOC(=O)c1cccc(N2C(=O)C3C4CCC(C4)C3C2=O)c1. The average molecular weight is 355 g/mol. The number of unbranched alkanes of at least 4 members (excludes halogenated alkanes) is 2. The largest absolute Gasteiger partial charge is 0.462 e. The molecule has 1 heterocycles. The summed E-state index contributed by atoms with van der Waals surface area (Å²) in [6, 6.07) is 6.72. The summed E-state index contributed by atoms with van der Waals surface area (Å²) < 4.78 is 5.29. The molecule has 0 N–H and O–H groups in total. The number of hydrogen-bond acceptors (Lipinski definition) is 4. The number of imide groups is 1. The minimum atomic E-state index is -0.401. The Labute approximate surface area is 153 Å². The lowest BCUT2D eigenvalue weighted by Gasteiger charge is -2.19. The molecule has 5 heteroatoms. The first-order valence-corrected chi connectivity index (χ1v) is 9.76. The zero-order valence-electron chi connectivity index (χ0n) is 15.1. The van der Waals surface area contributed by atoms with E-state index in [1.165, 1.54) is 4.90 Å². The zero-order chi connectivity index (χ0) is 18.3. The van der Waals surface area contributed by atoms with Crippen molar-refractivity contribution in [1.29, 1.82) is 0 Å². The average Bonchev–Trinajstić information content (AvgIpc) is 3.32. The van der Waals surface area contributed by atoms with E-state index in [0.29, 0.717) is 29.7 Å². The molecule has 0 spiro atoms. The minimum absolute atomic E-state index is 0.0827. The molecule has 4 unspecified atom stereocenters. The van der Waals surface area contributed by atoms with Gasteiger partial charge in [0.15, 0.2) is 0 Å². The second-order valence-electron chi connectivity index (χ2n) is 7.79. The van der Waals surface area contributed by atoms with E-state index in [4.69, 9.17) is 4.74 Å². The maximum atomic E-state index is 12.9. The summed E-state index contributed by atoms with van der Waals surface area (Å²) in [5, 5.41) is 0. The van der Waals surface area contributed by atoms with Crippen molar-refractivity contribution in [1.82, 2.24) is 0 Å². The Kier molecular flexibility index (Phi) is 4.55. The number of benzene rings is 1. The van der Waals surface area contributed by atoms with E-state index >= 15 is 0 Å². The van der Waals surface area contributed by atoms with E-state index in [0.717, 1.165) is 38.5 Å². The molecule has 1 aliphatic heterocycles. The first-order chi connectivity index (χ1) is 12.6. The Morgan fingerprint density at radius 2 is 1.81 bits per heavy atom. The highest BCUT2D eigenvalue weighted by atomic mass is 16.5. The second-order valence-corrected chi connectivity index (χ2v) is 7.79. The van der Waals surface area contributed by atoms with E-state index < -0.39 is 5.97 Å². The van der Waals surface area contributed by atoms with Crippen molar-refractivity contribution in [2.75, 3.05) is 11.5 Å². The predicted octanol–water partition coefficient (Wildman–Crippen LogP) is 3.57. The highest BCUT2D eigenvalue weighted by molar-refractivity contribution is 6.22. The van der Waals surface area contributed by atoms with Gasteiger partial charge in [0.05, 0.1) is 29.7 Å². The van der Waals surface area contributed by atoms with Gasteiger partial charge in [0.25, 0.3) is 0 Å². The molecule has 3 aliphatic rings. The molecule has 0 radical (unpaired) electrons. The molecule has 4 rings (SSSR count). The number of carbonyl (C=O) groups is 3. The van der Waals surface area contributed by atoms with E-state index in [1.807, 2.05) is 0 Å². The van der Waals surface area contributed by atoms with Gasteiger partial charge in [-0.05, 0) is 55.7 Å². The molecule has 2 aliphatic carbocycles. The zero-order valence-corrected chi connectivity index (χ0v) is 15.1. The van der Waals surface area contributed by atoms with Gasteiger partial charge in [-0.2, -0.15) is 0 Å². The molecule has 2 amide bonds. The molecular formula is C21H25NO4. The lowest BCUT2D eigenvalue weighted by molar-refractivity contribution is -0.123. The van der Waals surface area contributed by atoms with Gasteiger partial charge in [0.2, 0.25) is 11.8 Å². The third-order valence-corrected chi connectivity index (χ3v) is 6.25. The molecule has 2 saturated carbocycles. The molecular weight excluding hydrogens is 330 g/mol. The van der Waals surface area contributed by atoms with E-state index in [2.05, 4.69) is 6.92 Å². The van der Waals surface area contributed by atoms with Crippen LogP contribution in [0, 0.1) is 23.7 Å². The van der Waals surface area contributed by atoms with Crippen LogP contribution in [0.2, 0.25) is 0 Å². The summed E-state index contributed by atoms with van der Waals surface area (Å²) in [5.41, 5.74) is 0.886. The van der Waals surface area contributed by atoms with Crippen LogP contribution in [0.3, 0.4) is 0 Å². The Morgan fingerprint density at radius 3 is 2.46 bits per heavy atom. The first kappa shape index (κ1) is 17.3. The number of nitrogens with zero attached hydrogens (tertiary/aromatic N) is 1. The summed E-state index contributed by atoms with van der Waals surface area (Å²) >= 11 is 0. The molecule has 1 aromatic carbocycles. The molecule has 4 atom stereocenters. The molecule has 26 heavy (non-hydrogen) atoms. The highest BCUT2D eigenvalue weighted by Gasteiger charge is 2.61. The lowest BCUT2D eigenvalue weighted by atomic mass is 9.81. The smallest absolute Gasteiger partial charge is 0.338 e. The van der Waals surface area contributed by atoms with Crippen LogP contribution in [0.4, 0.5) is 5.69 Å². The van der Waals surface area contributed by atoms with Crippen LogP contribution < -0.4 is 4.90 Å². The van der Waals surface area contributed by atoms with Gasteiger partial charge < -0.3 is 4.74 Å². The number of anilines is 1. The van der Waals surface area contributed by atoms with Crippen LogP contribution >= 0.6 is 0 Å². The molecule has 138 valence electrons. The second kappa shape index (κ2) is 6.86. The van der Waals surface area contributed by atoms with Crippen molar-refractivity contribution < 1.29 is 19.1 Å². The fourth-order valence-electron chi connectivity index (χ4n) is 5.04. The van der Waals surface area contributed by atoms with Gasteiger partial charge in [-0.15, -0.1) is 0 Å². The summed E-state index contributed by atoms with van der Waals surface area (Å²) in [6.07, 6.45) is 6.07. The van der Waals surface area contributed by atoms with Gasteiger partial charge in [-0.3, -0.25) is 14.5 Å². The number of carbonyl (C=O) groups excluding carboxylic acids is 3. The summed E-state index contributed by atoms with van der Waals surface area (Å²) in [5.74, 6) is -0.142. The minimum Gasteiger partial charge on any atom is -0.462 e. The van der Waals surface area contributed by atoms with Crippen molar-refractivity contribution in [2.24, 2.45) is 23.7 Å². The van der Waals surface area contributed by atoms with Gasteiger partial charge in [-0.25, -0.2) is 4.79 Å². The maximum Gasteiger partial charge on any atom is 0.338 e. The van der Waals surface area contributed by atoms with Crippen LogP contribution in [0.5, 0.6) is 0 Å². The topological polar surface area (TPSA) is 63.7 Å².